The molecule has 1 saturated heterocycles. The summed E-state index contributed by atoms with van der Waals surface area (Å²) < 4.78 is 45.4. The average molecular weight is 627 g/mol. The van der Waals surface area contributed by atoms with Crippen molar-refractivity contribution in [2.24, 2.45) is 5.92 Å². The summed E-state index contributed by atoms with van der Waals surface area (Å²) in [4.78, 5) is 31.5. The molecular weight excluding hydrogens is 594 g/mol. The molecule has 2 aliphatic rings. The second-order valence-electron chi connectivity index (χ2n) is 10.8. The first kappa shape index (κ1) is 31.1. The van der Waals surface area contributed by atoms with Crippen LogP contribution in [0.3, 0.4) is 0 Å². The van der Waals surface area contributed by atoms with E-state index in [1.54, 1.807) is 23.2 Å². The molecule has 0 saturated carbocycles. The molecule has 0 aliphatic carbocycles. The van der Waals surface area contributed by atoms with Gasteiger partial charge >= 0.3 is 12.2 Å². The van der Waals surface area contributed by atoms with Crippen molar-refractivity contribution in [2.45, 2.75) is 44.8 Å². The molecule has 5 rings (SSSR count). The fraction of sp³-hybridized carbons (Fsp3) is 0.344. The lowest BCUT2D eigenvalue weighted by Gasteiger charge is -2.38. The highest BCUT2D eigenvalue weighted by Crippen LogP contribution is 2.42. The van der Waals surface area contributed by atoms with Gasteiger partial charge in [-0.2, -0.15) is 0 Å². The highest BCUT2D eigenvalue weighted by Gasteiger charge is 2.37. The average Bonchev–Trinajstić information content (AvgIpc) is 3.01. The van der Waals surface area contributed by atoms with E-state index in [0.29, 0.717) is 35.7 Å². The Kier molecular flexibility index (Phi) is 9.24. The topological polar surface area (TPSA) is 102 Å². The number of nitrogens with one attached hydrogen (secondary N) is 2. The summed E-state index contributed by atoms with van der Waals surface area (Å²) in [6.07, 6.45) is 1.40. The number of halogens is 3. The Balaban J connectivity index is 1.54. The second kappa shape index (κ2) is 13.1. The normalized spacial score (nSPS) is 20.3. The molecule has 1 unspecified atom stereocenters. The van der Waals surface area contributed by atoms with Gasteiger partial charge in [0.1, 0.15) is 11.9 Å². The van der Waals surface area contributed by atoms with Crippen LogP contribution in [-0.4, -0.2) is 42.8 Å². The van der Waals surface area contributed by atoms with Crippen molar-refractivity contribution in [3.63, 3.8) is 0 Å². The van der Waals surface area contributed by atoms with Gasteiger partial charge in [0, 0.05) is 52.9 Å². The van der Waals surface area contributed by atoms with Gasteiger partial charge in [-0.3, -0.25) is 5.32 Å². The summed E-state index contributed by atoms with van der Waals surface area (Å²) in [6, 6.07) is 8.97. The summed E-state index contributed by atoms with van der Waals surface area (Å²) in [5.74, 6) is -1.36. The number of methoxy groups -OCH3 is 2. The maximum absolute atomic E-state index is 14.8. The summed E-state index contributed by atoms with van der Waals surface area (Å²) in [5, 5.41) is 5.85. The lowest BCUT2D eigenvalue weighted by molar-refractivity contribution is 0.00510. The van der Waals surface area contributed by atoms with Crippen LogP contribution in [0, 0.1) is 17.6 Å². The van der Waals surface area contributed by atoms with E-state index >= 15 is 0 Å². The highest BCUT2D eigenvalue weighted by molar-refractivity contribution is 6.30. The first-order valence-corrected chi connectivity index (χ1v) is 14.6. The maximum Gasteiger partial charge on any atom is 0.411 e. The monoisotopic (exact) mass is 626 g/mol. The number of aromatic nitrogens is 1. The van der Waals surface area contributed by atoms with Crippen molar-refractivity contribution < 1.29 is 32.6 Å². The predicted octanol–water partition coefficient (Wildman–Crippen LogP) is 8.24. The van der Waals surface area contributed by atoms with Crippen molar-refractivity contribution in [1.29, 1.82) is 0 Å². The van der Waals surface area contributed by atoms with E-state index in [2.05, 4.69) is 29.1 Å². The zero-order chi connectivity index (χ0) is 31.5. The number of fused-ring (bicyclic) bond motifs is 4. The molecule has 0 spiro atoms. The van der Waals surface area contributed by atoms with Crippen molar-refractivity contribution in [3.8, 4) is 17.0 Å². The highest BCUT2D eigenvalue weighted by atomic mass is 35.5. The quantitative estimate of drug-likeness (QED) is 0.281. The number of pyridine rings is 1. The first-order chi connectivity index (χ1) is 21.1. The first-order valence-electron chi connectivity index (χ1n) is 14.2. The molecule has 1 aromatic heterocycles. The van der Waals surface area contributed by atoms with Crippen LogP contribution in [0.15, 0.2) is 54.9 Å². The van der Waals surface area contributed by atoms with Gasteiger partial charge in [-0.1, -0.05) is 37.6 Å². The predicted molar refractivity (Wildman–Crippen MR) is 163 cm³/mol. The standard InChI is InChI=1S/C32H33ClF2N4O5/c1-17-6-5-7-26(39-13-12-27(44-32(39)41)28-24(34)11-10-23(33)29(28)35)22-14-19(16-36-30(22)42-3)21-9-8-20(38-31(40)43-4)15-25(21)37-18(17)2/h8-11,14-17,26-27,37H,2,5-7,12-13H2,1,3-4H3,(H,38,40)/t17-,26?,27-/m1/s1. The molecule has 3 heterocycles. The van der Waals surface area contributed by atoms with Crippen molar-refractivity contribution >= 4 is 35.2 Å². The number of rotatable bonds is 4. The Morgan fingerprint density at radius 1 is 1.18 bits per heavy atom. The third kappa shape index (κ3) is 6.28. The smallest absolute Gasteiger partial charge is 0.411 e. The third-order valence-corrected chi connectivity index (χ3v) is 8.38. The van der Waals surface area contributed by atoms with Crippen LogP contribution in [-0.2, 0) is 9.47 Å². The molecular formula is C32H33ClF2N4O5. The van der Waals surface area contributed by atoms with Crippen LogP contribution in [0.4, 0.5) is 29.7 Å². The molecule has 44 heavy (non-hydrogen) atoms. The van der Waals surface area contributed by atoms with E-state index < -0.39 is 36.0 Å². The summed E-state index contributed by atoms with van der Waals surface area (Å²) in [7, 11) is 2.80. The number of anilines is 2. The van der Waals surface area contributed by atoms with Gasteiger partial charge in [0.2, 0.25) is 5.88 Å². The number of carbonyl (C=O) groups excluding carboxylic acids is 2. The van der Waals surface area contributed by atoms with Gasteiger partial charge in [0.05, 0.1) is 30.8 Å². The maximum atomic E-state index is 14.8. The molecule has 3 aromatic rings. The SMILES string of the molecule is C=C1Nc2cc(NC(=O)OC)ccc2-c2cnc(OC)c(c2)C(N2CC[C@H](c3c(F)ccc(Cl)c3F)OC2=O)CCC[C@H]1C. The van der Waals surface area contributed by atoms with Crippen molar-refractivity contribution in [2.75, 3.05) is 31.4 Å². The van der Waals surface area contributed by atoms with E-state index in [0.717, 1.165) is 35.4 Å². The lowest BCUT2D eigenvalue weighted by atomic mass is 9.92. The minimum atomic E-state index is -1.12. The van der Waals surface area contributed by atoms with Crippen LogP contribution in [0.1, 0.15) is 55.9 Å². The Labute approximate surface area is 259 Å². The van der Waals surface area contributed by atoms with Crippen LogP contribution < -0.4 is 15.4 Å². The number of ether oxygens (including phenoxy) is 3. The van der Waals surface area contributed by atoms with Crippen LogP contribution in [0.5, 0.6) is 5.88 Å². The van der Waals surface area contributed by atoms with E-state index in [4.69, 9.17) is 25.8 Å². The van der Waals surface area contributed by atoms with Gasteiger partial charge in [-0.15, -0.1) is 0 Å². The van der Waals surface area contributed by atoms with Crippen molar-refractivity contribution in [1.82, 2.24) is 9.88 Å². The number of allylic oxidation sites excluding steroid dienone is 1. The Morgan fingerprint density at radius 3 is 2.70 bits per heavy atom. The molecule has 2 N–H and O–H groups in total. The van der Waals surface area contributed by atoms with Crippen molar-refractivity contribution in [3.05, 3.63) is 82.7 Å². The zero-order valence-electron chi connectivity index (χ0n) is 24.6. The fourth-order valence-electron chi connectivity index (χ4n) is 5.66. The number of cyclic esters (lactones) is 1. The number of carbonyl (C=O) groups is 2. The summed E-state index contributed by atoms with van der Waals surface area (Å²) in [6.45, 7) is 6.49. The number of amides is 2. The Bertz CT molecular complexity index is 1600. The van der Waals surface area contributed by atoms with Gasteiger partial charge in [0.15, 0.2) is 5.82 Å². The Morgan fingerprint density at radius 2 is 1.98 bits per heavy atom. The van der Waals surface area contributed by atoms with E-state index in [-0.39, 0.29) is 29.5 Å². The third-order valence-electron chi connectivity index (χ3n) is 8.09. The molecule has 1 fully saturated rings. The largest absolute Gasteiger partial charge is 0.481 e. The second-order valence-corrected chi connectivity index (χ2v) is 11.2. The summed E-state index contributed by atoms with van der Waals surface area (Å²) in [5.41, 5.74) is 3.80. The minimum Gasteiger partial charge on any atom is -0.481 e. The molecule has 12 heteroatoms. The minimum absolute atomic E-state index is 0.0602. The van der Waals surface area contributed by atoms with E-state index in [1.165, 1.54) is 14.2 Å². The number of benzene rings is 2. The molecule has 232 valence electrons. The molecule has 2 amide bonds. The molecule has 2 bridgehead atoms. The van der Waals surface area contributed by atoms with Crippen LogP contribution in [0.2, 0.25) is 5.02 Å². The number of hydrogen-bond donors (Lipinski definition) is 2. The Hall–Kier alpha value is -4.38. The zero-order valence-corrected chi connectivity index (χ0v) is 25.3. The molecule has 2 aliphatic heterocycles. The molecule has 2 aromatic carbocycles. The van der Waals surface area contributed by atoms with E-state index in [1.807, 2.05) is 12.1 Å². The van der Waals surface area contributed by atoms with Crippen LogP contribution in [0.25, 0.3) is 11.1 Å². The number of hydrogen-bond acceptors (Lipinski definition) is 7. The number of nitrogens with zero attached hydrogens (tertiary/aromatic N) is 2. The summed E-state index contributed by atoms with van der Waals surface area (Å²) >= 11 is 5.90. The van der Waals surface area contributed by atoms with Gasteiger partial charge < -0.3 is 24.4 Å². The van der Waals surface area contributed by atoms with Gasteiger partial charge in [0.25, 0.3) is 0 Å². The van der Waals surface area contributed by atoms with Gasteiger partial charge in [-0.25, -0.2) is 23.4 Å². The van der Waals surface area contributed by atoms with E-state index in [9.17, 15) is 18.4 Å². The lowest BCUT2D eigenvalue weighted by Crippen LogP contribution is -2.42. The molecule has 3 atom stereocenters. The van der Waals surface area contributed by atoms with Crippen LogP contribution >= 0.6 is 11.6 Å². The molecule has 9 nitrogen and oxygen atoms in total. The van der Waals surface area contributed by atoms with Gasteiger partial charge in [-0.05, 0) is 49.1 Å². The fourth-order valence-corrected chi connectivity index (χ4v) is 5.82. The molecule has 0 radical (unpaired) electrons.